The lowest BCUT2D eigenvalue weighted by Crippen LogP contribution is -2.76. The van der Waals surface area contributed by atoms with Gasteiger partial charge in [-0.05, 0) is 6.08 Å². The zero-order valence-electron chi connectivity index (χ0n) is 17.5. The molecule has 1 fully saturated rings. The van der Waals surface area contributed by atoms with E-state index in [-0.39, 0.29) is 5.57 Å². The largest absolute Gasteiger partial charge is 0.468 e. The highest BCUT2D eigenvalue weighted by Crippen LogP contribution is 2.64. The molecule has 0 radical (unpaired) electrons. The van der Waals surface area contributed by atoms with Crippen LogP contribution < -0.4 is 0 Å². The van der Waals surface area contributed by atoms with E-state index in [1.54, 1.807) is 0 Å². The van der Waals surface area contributed by atoms with E-state index in [9.17, 15) is 19.2 Å². The van der Waals surface area contributed by atoms with E-state index in [0.29, 0.717) is 0 Å². The van der Waals surface area contributed by atoms with Crippen LogP contribution in [-0.4, -0.2) is 77.7 Å². The summed E-state index contributed by atoms with van der Waals surface area (Å²) in [5, 5.41) is 0. The first kappa shape index (κ1) is 22.3. The normalized spacial score (nSPS) is 33.0. The molecule has 0 aromatic heterocycles. The molecule has 0 amide bonds. The van der Waals surface area contributed by atoms with Crippen LogP contribution in [0.4, 0.5) is 0 Å². The molecule has 164 valence electrons. The number of allylic oxidation sites excluding steroid dienone is 1. The summed E-state index contributed by atoms with van der Waals surface area (Å²) in [5.41, 5.74) is -1.69. The molecule has 4 atom stereocenters. The lowest BCUT2D eigenvalue weighted by Gasteiger charge is -2.61. The second kappa shape index (κ2) is 7.38. The number of carbonyl (C=O) groups excluding carboxylic acids is 4. The molecule has 0 unspecified atom stereocenters. The molecule has 30 heavy (non-hydrogen) atoms. The van der Waals surface area contributed by atoms with Crippen molar-refractivity contribution >= 4 is 23.5 Å². The van der Waals surface area contributed by atoms with Gasteiger partial charge in [-0.2, -0.15) is 0 Å². The molecule has 0 heterocycles. The SMILES string of the molecule is COC(=O)C1=C[C@@H]2C(=O)C(OC)(OC)[C@H]1[C@@H]1C(OC)(OC)C(=O)C=C[C@]21C(=O)OC. The van der Waals surface area contributed by atoms with Gasteiger partial charge in [-0.25, -0.2) is 4.79 Å². The third-order valence-corrected chi connectivity index (χ3v) is 6.52. The zero-order chi connectivity index (χ0) is 22.5. The number of carbonyl (C=O) groups is 4. The number of esters is 2. The van der Waals surface area contributed by atoms with E-state index in [1.807, 2.05) is 0 Å². The van der Waals surface area contributed by atoms with Crippen LogP contribution >= 0.6 is 0 Å². The van der Waals surface area contributed by atoms with Gasteiger partial charge in [0.2, 0.25) is 23.1 Å². The number of fused-ring (bicyclic) bond motifs is 1. The minimum absolute atomic E-state index is 0.0110. The number of hydrogen-bond acceptors (Lipinski definition) is 10. The Hall–Kier alpha value is -2.40. The fourth-order valence-corrected chi connectivity index (χ4v) is 5.27. The average molecular weight is 424 g/mol. The van der Waals surface area contributed by atoms with Gasteiger partial charge in [-0.3, -0.25) is 14.4 Å². The first-order valence-corrected chi connectivity index (χ1v) is 9.09. The molecule has 0 saturated heterocycles. The third kappa shape index (κ3) is 2.33. The summed E-state index contributed by atoms with van der Waals surface area (Å²) in [6.07, 6.45) is 3.79. The Labute approximate surface area is 173 Å². The Morgan fingerprint density at radius 2 is 1.43 bits per heavy atom. The maximum Gasteiger partial charge on any atom is 0.333 e. The quantitative estimate of drug-likeness (QED) is 0.418. The zero-order valence-corrected chi connectivity index (χ0v) is 17.5. The number of rotatable bonds is 6. The Kier molecular flexibility index (Phi) is 5.48. The number of ether oxygens (including phenoxy) is 6. The fraction of sp³-hybridized carbons (Fsp3) is 0.600. The van der Waals surface area contributed by atoms with Crippen molar-refractivity contribution in [1.82, 2.24) is 0 Å². The Bertz CT molecular complexity index is 848. The number of Topliss-reactive ketones (excluding diaryl/α,β-unsaturated/α-hetero) is 1. The first-order chi connectivity index (χ1) is 14.2. The first-order valence-electron chi connectivity index (χ1n) is 9.09. The van der Waals surface area contributed by atoms with E-state index in [4.69, 9.17) is 28.4 Å². The van der Waals surface area contributed by atoms with Crippen LogP contribution in [0.5, 0.6) is 0 Å². The summed E-state index contributed by atoms with van der Waals surface area (Å²) < 4.78 is 32.0. The number of ketones is 2. The van der Waals surface area contributed by atoms with E-state index >= 15 is 0 Å². The van der Waals surface area contributed by atoms with Gasteiger partial charge in [-0.1, -0.05) is 12.2 Å². The van der Waals surface area contributed by atoms with E-state index in [2.05, 4.69) is 0 Å². The van der Waals surface area contributed by atoms with Crippen molar-refractivity contribution in [2.75, 3.05) is 42.7 Å². The van der Waals surface area contributed by atoms with E-state index in [1.165, 1.54) is 47.7 Å². The molecule has 0 aromatic carbocycles. The number of hydrogen-bond donors (Lipinski definition) is 0. The molecule has 10 heteroatoms. The van der Waals surface area contributed by atoms with Crippen molar-refractivity contribution in [3.63, 3.8) is 0 Å². The van der Waals surface area contributed by atoms with Gasteiger partial charge in [-0.15, -0.1) is 0 Å². The molecule has 0 aromatic rings. The number of methoxy groups -OCH3 is 6. The van der Waals surface area contributed by atoms with Crippen LogP contribution in [0.3, 0.4) is 0 Å². The van der Waals surface area contributed by atoms with Crippen molar-refractivity contribution in [1.29, 1.82) is 0 Å². The van der Waals surface area contributed by atoms with Gasteiger partial charge in [0, 0.05) is 34.0 Å². The molecule has 4 aliphatic rings. The maximum atomic E-state index is 13.5. The Morgan fingerprint density at radius 1 is 0.867 bits per heavy atom. The lowest BCUT2D eigenvalue weighted by molar-refractivity contribution is -0.309. The van der Waals surface area contributed by atoms with Gasteiger partial charge >= 0.3 is 11.9 Å². The van der Waals surface area contributed by atoms with Crippen molar-refractivity contribution in [3.8, 4) is 0 Å². The predicted octanol–water partition coefficient (Wildman–Crippen LogP) is -0.193. The second-order valence-electron chi connectivity index (χ2n) is 7.18. The highest BCUT2D eigenvalue weighted by atomic mass is 16.7. The van der Waals surface area contributed by atoms with Crippen LogP contribution in [0.25, 0.3) is 0 Å². The molecule has 2 bridgehead atoms. The molecule has 0 spiro atoms. The monoisotopic (exact) mass is 424 g/mol. The van der Waals surface area contributed by atoms with Gasteiger partial charge in [0.15, 0.2) is 0 Å². The molecule has 4 aliphatic carbocycles. The van der Waals surface area contributed by atoms with Crippen LogP contribution in [0.2, 0.25) is 0 Å². The van der Waals surface area contributed by atoms with Crippen LogP contribution in [0.15, 0.2) is 23.8 Å². The third-order valence-electron chi connectivity index (χ3n) is 6.52. The summed E-state index contributed by atoms with van der Waals surface area (Å²) in [6, 6.07) is 0. The van der Waals surface area contributed by atoms with Crippen LogP contribution in [0.1, 0.15) is 0 Å². The summed E-state index contributed by atoms with van der Waals surface area (Å²) >= 11 is 0. The van der Waals surface area contributed by atoms with Crippen molar-refractivity contribution in [2.45, 2.75) is 11.6 Å². The fourth-order valence-electron chi connectivity index (χ4n) is 5.27. The highest BCUT2D eigenvalue weighted by Gasteiger charge is 2.79. The molecule has 4 rings (SSSR count). The van der Waals surface area contributed by atoms with Crippen LogP contribution in [-0.2, 0) is 47.6 Å². The molecular formula is C20H24O10. The van der Waals surface area contributed by atoms with Crippen molar-refractivity contribution in [3.05, 3.63) is 23.8 Å². The maximum absolute atomic E-state index is 13.5. The minimum atomic E-state index is -2.03. The Morgan fingerprint density at radius 3 is 1.90 bits per heavy atom. The summed E-state index contributed by atoms with van der Waals surface area (Å²) in [4.78, 5) is 52.3. The summed E-state index contributed by atoms with van der Waals surface area (Å²) in [7, 11) is 7.27. The van der Waals surface area contributed by atoms with Crippen LogP contribution in [0, 0.1) is 23.2 Å². The van der Waals surface area contributed by atoms with Gasteiger partial charge in [0.25, 0.3) is 0 Å². The molecular weight excluding hydrogens is 400 g/mol. The summed E-state index contributed by atoms with van der Waals surface area (Å²) in [6.45, 7) is 0. The van der Waals surface area contributed by atoms with E-state index in [0.717, 1.165) is 13.2 Å². The van der Waals surface area contributed by atoms with Crippen molar-refractivity contribution in [2.24, 2.45) is 23.2 Å². The topological polar surface area (TPSA) is 124 Å². The Balaban J connectivity index is 2.47. The van der Waals surface area contributed by atoms with Gasteiger partial charge in [0.1, 0.15) is 5.41 Å². The average Bonchev–Trinajstić information content (AvgIpc) is 2.78. The lowest BCUT2D eigenvalue weighted by atomic mass is 9.44. The van der Waals surface area contributed by atoms with Gasteiger partial charge in [0.05, 0.1) is 32.0 Å². The van der Waals surface area contributed by atoms with Gasteiger partial charge < -0.3 is 28.4 Å². The molecule has 1 saturated carbocycles. The van der Waals surface area contributed by atoms with Crippen molar-refractivity contribution < 1.29 is 47.6 Å². The molecule has 0 N–H and O–H groups in total. The second-order valence-corrected chi connectivity index (χ2v) is 7.18. The predicted molar refractivity (Wildman–Crippen MR) is 97.7 cm³/mol. The minimum Gasteiger partial charge on any atom is -0.468 e. The molecule has 0 aliphatic heterocycles. The smallest absolute Gasteiger partial charge is 0.333 e. The summed E-state index contributed by atoms with van der Waals surface area (Å²) in [5.74, 6) is -10.6. The van der Waals surface area contributed by atoms with E-state index < -0.39 is 58.2 Å². The molecule has 10 nitrogen and oxygen atoms in total. The highest BCUT2D eigenvalue weighted by molar-refractivity contribution is 6.08. The standard InChI is InChI=1S/C20H24O10/c1-25-16(23)10-9-11-15(22)20(29-5,30-6)13(10)14-18(11,17(24)26-2)8-7-12(21)19(14,27-3)28-4/h7-9,11,13-14H,1-6H3/t11-,13-,14+,18+/m1/s1.